The standard InChI is InChI=1S/C22H16N2OS2/c1-14-10-12-15(13-11-14)25-20(21-23-16-6-2-4-8-18(16)26-21)22-24-17-7-3-5-9-19(17)27-22/h2-13,20H,1H3. The number of hydrogen-bond donors (Lipinski definition) is 0. The van der Waals surface area contributed by atoms with Gasteiger partial charge in [-0.25, -0.2) is 9.97 Å². The molecule has 0 atom stereocenters. The van der Waals surface area contributed by atoms with Crippen molar-refractivity contribution in [3.8, 4) is 5.75 Å². The average molecular weight is 389 g/mol. The van der Waals surface area contributed by atoms with Gasteiger partial charge in [-0.15, -0.1) is 22.7 Å². The lowest BCUT2D eigenvalue weighted by Crippen LogP contribution is -2.08. The van der Waals surface area contributed by atoms with Crippen molar-refractivity contribution in [2.45, 2.75) is 13.0 Å². The van der Waals surface area contributed by atoms with Crippen LogP contribution in [-0.4, -0.2) is 9.97 Å². The molecule has 132 valence electrons. The van der Waals surface area contributed by atoms with E-state index in [9.17, 15) is 0 Å². The van der Waals surface area contributed by atoms with E-state index in [-0.39, 0.29) is 6.10 Å². The highest BCUT2D eigenvalue weighted by molar-refractivity contribution is 7.20. The molecule has 0 unspecified atom stereocenters. The number of rotatable bonds is 4. The number of thiazole rings is 2. The lowest BCUT2D eigenvalue weighted by Gasteiger charge is -2.15. The predicted molar refractivity (Wildman–Crippen MR) is 113 cm³/mol. The third kappa shape index (κ3) is 3.20. The summed E-state index contributed by atoms with van der Waals surface area (Å²) < 4.78 is 8.71. The van der Waals surface area contributed by atoms with E-state index >= 15 is 0 Å². The molecule has 0 aliphatic heterocycles. The molecule has 5 heteroatoms. The molecular weight excluding hydrogens is 372 g/mol. The van der Waals surface area contributed by atoms with Gasteiger partial charge in [0.25, 0.3) is 0 Å². The van der Waals surface area contributed by atoms with Gasteiger partial charge in [-0.1, -0.05) is 42.0 Å². The van der Waals surface area contributed by atoms with E-state index < -0.39 is 0 Å². The lowest BCUT2D eigenvalue weighted by molar-refractivity contribution is 0.246. The van der Waals surface area contributed by atoms with Crippen LogP contribution in [0.5, 0.6) is 5.75 Å². The molecule has 5 aromatic rings. The van der Waals surface area contributed by atoms with Gasteiger partial charge in [0.15, 0.2) is 0 Å². The number of aromatic nitrogens is 2. The molecular formula is C22H16N2OS2. The maximum atomic E-state index is 6.40. The number of aryl methyl sites for hydroxylation is 1. The van der Waals surface area contributed by atoms with Crippen LogP contribution < -0.4 is 4.74 Å². The second-order valence-corrected chi connectivity index (χ2v) is 8.48. The Morgan fingerprint density at radius 3 is 1.74 bits per heavy atom. The summed E-state index contributed by atoms with van der Waals surface area (Å²) in [6, 6.07) is 24.5. The molecule has 2 aromatic heterocycles. The van der Waals surface area contributed by atoms with Crippen LogP contribution in [-0.2, 0) is 0 Å². The fraction of sp³-hybridized carbons (Fsp3) is 0.0909. The summed E-state index contributed by atoms with van der Waals surface area (Å²) in [5.74, 6) is 0.823. The Labute approximate surface area is 164 Å². The first kappa shape index (κ1) is 16.4. The number of ether oxygens (including phenoxy) is 1. The minimum atomic E-state index is -0.317. The van der Waals surface area contributed by atoms with Gasteiger partial charge in [0.05, 0.1) is 20.4 Å². The van der Waals surface area contributed by atoms with Gasteiger partial charge in [0, 0.05) is 0 Å². The minimum absolute atomic E-state index is 0.317. The lowest BCUT2D eigenvalue weighted by atomic mass is 10.2. The molecule has 0 fully saturated rings. The zero-order chi connectivity index (χ0) is 18.2. The predicted octanol–water partition coefficient (Wildman–Crippen LogP) is 6.38. The van der Waals surface area contributed by atoms with Crippen LogP contribution in [0.25, 0.3) is 20.4 Å². The first-order chi connectivity index (χ1) is 13.3. The molecule has 5 rings (SSSR count). The highest BCUT2D eigenvalue weighted by atomic mass is 32.1. The summed E-state index contributed by atoms with van der Waals surface area (Å²) in [7, 11) is 0. The Morgan fingerprint density at radius 2 is 1.22 bits per heavy atom. The quantitative estimate of drug-likeness (QED) is 0.358. The van der Waals surface area contributed by atoms with E-state index in [4.69, 9.17) is 14.7 Å². The molecule has 0 aliphatic rings. The second kappa shape index (κ2) is 6.76. The van der Waals surface area contributed by atoms with Crippen molar-refractivity contribution in [2.75, 3.05) is 0 Å². The number of benzene rings is 3. The Morgan fingerprint density at radius 1 is 0.704 bits per heavy atom. The summed E-state index contributed by atoms with van der Waals surface area (Å²) >= 11 is 3.33. The van der Waals surface area contributed by atoms with Crippen molar-refractivity contribution in [1.29, 1.82) is 0 Å². The molecule has 27 heavy (non-hydrogen) atoms. The first-order valence-corrected chi connectivity index (χ1v) is 10.3. The van der Waals surface area contributed by atoms with Crippen LogP contribution in [0.4, 0.5) is 0 Å². The number of nitrogens with zero attached hydrogens (tertiary/aromatic N) is 2. The highest BCUT2D eigenvalue weighted by Gasteiger charge is 2.24. The Kier molecular flexibility index (Phi) is 4.11. The summed E-state index contributed by atoms with van der Waals surface area (Å²) in [4.78, 5) is 9.67. The molecule has 0 bridgehead atoms. The molecule has 3 nitrogen and oxygen atoms in total. The van der Waals surface area contributed by atoms with Gasteiger partial charge in [-0.3, -0.25) is 0 Å². The Hall–Kier alpha value is -2.76. The largest absolute Gasteiger partial charge is 0.476 e. The Bertz CT molecular complexity index is 1080. The van der Waals surface area contributed by atoms with Gasteiger partial charge in [0.2, 0.25) is 6.10 Å². The molecule has 0 saturated carbocycles. The number of fused-ring (bicyclic) bond motifs is 2. The van der Waals surface area contributed by atoms with Gasteiger partial charge >= 0.3 is 0 Å². The summed E-state index contributed by atoms with van der Waals surface area (Å²) in [5, 5.41) is 1.85. The van der Waals surface area contributed by atoms with Crippen molar-refractivity contribution in [3.05, 3.63) is 88.4 Å². The van der Waals surface area contributed by atoms with Crippen LogP contribution >= 0.6 is 22.7 Å². The summed E-state index contributed by atoms with van der Waals surface area (Å²) in [6.07, 6.45) is -0.317. The molecule has 0 amide bonds. The molecule has 0 spiro atoms. The smallest absolute Gasteiger partial charge is 0.201 e. The van der Waals surface area contributed by atoms with Gasteiger partial charge in [-0.2, -0.15) is 0 Å². The molecule has 2 heterocycles. The third-order valence-corrected chi connectivity index (χ3v) is 6.50. The van der Waals surface area contributed by atoms with Gasteiger partial charge in [-0.05, 0) is 43.3 Å². The van der Waals surface area contributed by atoms with E-state index in [1.165, 1.54) is 5.56 Å². The topological polar surface area (TPSA) is 35.0 Å². The fourth-order valence-corrected chi connectivity index (χ4v) is 5.04. The molecule has 3 aromatic carbocycles. The normalized spacial score (nSPS) is 11.5. The average Bonchev–Trinajstić information content (AvgIpc) is 3.31. The van der Waals surface area contributed by atoms with E-state index in [0.717, 1.165) is 36.2 Å². The van der Waals surface area contributed by atoms with E-state index in [0.29, 0.717) is 0 Å². The minimum Gasteiger partial charge on any atom is -0.476 e. The van der Waals surface area contributed by atoms with Gasteiger partial charge in [0.1, 0.15) is 15.8 Å². The van der Waals surface area contributed by atoms with Crippen molar-refractivity contribution in [2.24, 2.45) is 0 Å². The summed E-state index contributed by atoms with van der Waals surface area (Å²) in [5.41, 5.74) is 3.20. The van der Waals surface area contributed by atoms with Crippen LogP contribution in [0, 0.1) is 6.92 Å². The molecule has 0 aliphatic carbocycles. The van der Waals surface area contributed by atoms with Crippen LogP contribution in [0.3, 0.4) is 0 Å². The van der Waals surface area contributed by atoms with Crippen molar-refractivity contribution in [3.63, 3.8) is 0 Å². The molecule has 0 N–H and O–H groups in total. The maximum absolute atomic E-state index is 6.40. The van der Waals surface area contributed by atoms with E-state index in [1.807, 2.05) is 48.5 Å². The first-order valence-electron chi connectivity index (χ1n) is 8.70. The third-order valence-electron chi connectivity index (χ3n) is 4.34. The van der Waals surface area contributed by atoms with Crippen molar-refractivity contribution >= 4 is 43.1 Å². The fourth-order valence-electron chi connectivity index (χ4n) is 2.96. The van der Waals surface area contributed by atoms with Crippen LogP contribution in [0.15, 0.2) is 72.8 Å². The Balaban J connectivity index is 1.62. The molecule has 0 saturated heterocycles. The second-order valence-electron chi connectivity index (χ2n) is 6.35. The monoisotopic (exact) mass is 388 g/mol. The highest BCUT2D eigenvalue weighted by Crippen LogP contribution is 2.37. The van der Waals surface area contributed by atoms with Gasteiger partial charge < -0.3 is 4.74 Å². The van der Waals surface area contributed by atoms with E-state index in [2.05, 4.69) is 31.2 Å². The zero-order valence-corrected chi connectivity index (χ0v) is 16.3. The van der Waals surface area contributed by atoms with Crippen LogP contribution in [0.1, 0.15) is 21.7 Å². The SMILES string of the molecule is Cc1ccc(OC(c2nc3ccccc3s2)c2nc3ccccc3s2)cc1. The zero-order valence-electron chi connectivity index (χ0n) is 14.6. The van der Waals surface area contributed by atoms with Crippen LogP contribution in [0.2, 0.25) is 0 Å². The summed E-state index contributed by atoms with van der Waals surface area (Å²) in [6.45, 7) is 2.07. The van der Waals surface area contributed by atoms with Crippen molar-refractivity contribution in [1.82, 2.24) is 9.97 Å². The number of hydrogen-bond acceptors (Lipinski definition) is 5. The number of para-hydroxylation sites is 2. The van der Waals surface area contributed by atoms with E-state index in [1.54, 1.807) is 22.7 Å². The maximum Gasteiger partial charge on any atom is 0.201 e. The van der Waals surface area contributed by atoms with Crippen molar-refractivity contribution < 1.29 is 4.74 Å². The molecule has 0 radical (unpaired) electrons.